The van der Waals surface area contributed by atoms with Crippen molar-refractivity contribution in [1.29, 1.82) is 0 Å². The number of phenolic OH excluding ortho intramolecular Hbond substituents is 1. The predicted octanol–water partition coefficient (Wildman–Crippen LogP) is 4.44. The second kappa shape index (κ2) is 6.86. The molecule has 4 rings (SSSR count). The molecule has 26 heavy (non-hydrogen) atoms. The molecule has 132 valence electrons. The van der Waals surface area contributed by atoms with E-state index in [1.807, 2.05) is 30.5 Å². The summed E-state index contributed by atoms with van der Waals surface area (Å²) in [6.07, 6.45) is 1.88. The van der Waals surface area contributed by atoms with Crippen molar-refractivity contribution in [2.45, 2.75) is 6.54 Å². The Morgan fingerprint density at radius 3 is 2.77 bits per heavy atom. The van der Waals surface area contributed by atoms with Crippen LogP contribution in [-0.2, 0) is 6.54 Å². The Balaban J connectivity index is 1.52. The number of hydrogen-bond donors (Lipinski definition) is 2. The Labute approximate surface area is 158 Å². The lowest BCUT2D eigenvalue weighted by Gasteiger charge is -2.07. The van der Waals surface area contributed by atoms with Crippen molar-refractivity contribution in [2.24, 2.45) is 0 Å². The highest BCUT2D eigenvalue weighted by Crippen LogP contribution is 2.27. The number of nitrogens with zero attached hydrogens (tertiary/aromatic N) is 3. The van der Waals surface area contributed by atoms with Gasteiger partial charge in [0.25, 0.3) is 0 Å². The standard InChI is InChI=1S/C18H15ClN4O2S/c1-25-14-6-7-16(24)12(8-14)9-20-17-22-23-10-15(21-18(23)26-17)11-2-4-13(19)5-3-11/h2-8,10,24H,9H2,1H3,(H,20,22). The van der Waals surface area contributed by atoms with E-state index in [1.165, 1.54) is 11.3 Å². The van der Waals surface area contributed by atoms with Gasteiger partial charge in [0, 0.05) is 22.7 Å². The van der Waals surface area contributed by atoms with E-state index >= 15 is 0 Å². The van der Waals surface area contributed by atoms with Crippen LogP contribution in [0.4, 0.5) is 5.13 Å². The van der Waals surface area contributed by atoms with E-state index < -0.39 is 0 Å². The van der Waals surface area contributed by atoms with Crippen LogP contribution < -0.4 is 10.1 Å². The summed E-state index contributed by atoms with van der Waals surface area (Å²) in [5, 5.41) is 19.1. The first-order valence-corrected chi connectivity index (χ1v) is 9.04. The quantitative estimate of drug-likeness (QED) is 0.530. The molecule has 0 spiro atoms. The molecular formula is C18H15ClN4O2S. The highest BCUT2D eigenvalue weighted by Gasteiger charge is 2.10. The molecule has 0 saturated carbocycles. The van der Waals surface area contributed by atoms with Crippen LogP contribution in [0.2, 0.25) is 5.02 Å². The highest BCUT2D eigenvalue weighted by atomic mass is 35.5. The average Bonchev–Trinajstić information content (AvgIpc) is 3.20. The van der Waals surface area contributed by atoms with Crippen molar-refractivity contribution >= 4 is 33.0 Å². The number of methoxy groups -OCH3 is 1. The first kappa shape index (κ1) is 16.7. The van der Waals surface area contributed by atoms with Crippen molar-refractivity contribution < 1.29 is 9.84 Å². The fourth-order valence-electron chi connectivity index (χ4n) is 2.53. The summed E-state index contributed by atoms with van der Waals surface area (Å²) >= 11 is 7.36. The smallest absolute Gasteiger partial charge is 0.214 e. The molecule has 0 aliphatic heterocycles. The van der Waals surface area contributed by atoms with Crippen molar-refractivity contribution in [1.82, 2.24) is 14.6 Å². The number of aromatic nitrogens is 3. The molecule has 0 fully saturated rings. The van der Waals surface area contributed by atoms with Crippen molar-refractivity contribution in [3.8, 4) is 22.8 Å². The molecule has 0 saturated heterocycles. The van der Waals surface area contributed by atoms with E-state index in [0.717, 1.165) is 26.9 Å². The maximum absolute atomic E-state index is 9.95. The fourth-order valence-corrected chi connectivity index (χ4v) is 3.44. The van der Waals surface area contributed by atoms with Gasteiger partial charge in [-0.1, -0.05) is 35.1 Å². The Morgan fingerprint density at radius 2 is 2.04 bits per heavy atom. The third-order valence-corrected chi connectivity index (χ3v) is 5.03. The normalized spacial score (nSPS) is 11.0. The van der Waals surface area contributed by atoms with Crippen LogP contribution in [0.1, 0.15) is 5.56 Å². The first-order valence-electron chi connectivity index (χ1n) is 7.84. The lowest BCUT2D eigenvalue weighted by atomic mass is 10.2. The molecule has 0 radical (unpaired) electrons. The lowest BCUT2D eigenvalue weighted by Crippen LogP contribution is -2.00. The minimum atomic E-state index is 0.213. The summed E-state index contributed by atoms with van der Waals surface area (Å²) < 4.78 is 6.92. The van der Waals surface area contributed by atoms with Gasteiger partial charge in [0.1, 0.15) is 11.5 Å². The number of phenols is 1. The molecule has 0 atom stereocenters. The first-order chi connectivity index (χ1) is 12.6. The lowest BCUT2D eigenvalue weighted by molar-refractivity contribution is 0.411. The molecule has 0 aliphatic rings. The number of aromatic hydroxyl groups is 1. The van der Waals surface area contributed by atoms with Crippen LogP contribution in [0.3, 0.4) is 0 Å². The zero-order valence-electron chi connectivity index (χ0n) is 13.8. The van der Waals surface area contributed by atoms with Crippen LogP contribution in [0.15, 0.2) is 48.7 Å². The van der Waals surface area contributed by atoms with Crippen LogP contribution in [-0.4, -0.2) is 26.8 Å². The monoisotopic (exact) mass is 386 g/mol. The van der Waals surface area contributed by atoms with E-state index in [4.69, 9.17) is 16.3 Å². The maximum atomic E-state index is 9.95. The van der Waals surface area contributed by atoms with Crippen LogP contribution in [0.25, 0.3) is 16.2 Å². The van der Waals surface area contributed by atoms with Crippen LogP contribution >= 0.6 is 22.9 Å². The summed E-state index contributed by atoms with van der Waals surface area (Å²) in [4.78, 5) is 5.38. The van der Waals surface area contributed by atoms with Gasteiger partial charge in [-0.15, -0.1) is 5.10 Å². The minimum Gasteiger partial charge on any atom is -0.508 e. The molecule has 6 nitrogen and oxygen atoms in total. The largest absolute Gasteiger partial charge is 0.508 e. The number of ether oxygens (including phenoxy) is 1. The number of hydrogen-bond acceptors (Lipinski definition) is 6. The second-order valence-electron chi connectivity index (χ2n) is 5.62. The highest BCUT2D eigenvalue weighted by molar-refractivity contribution is 7.20. The molecule has 2 aromatic heterocycles. The third-order valence-electron chi connectivity index (χ3n) is 3.90. The number of anilines is 1. The van der Waals surface area contributed by atoms with E-state index in [2.05, 4.69) is 15.4 Å². The maximum Gasteiger partial charge on any atom is 0.214 e. The fraction of sp³-hybridized carbons (Fsp3) is 0.111. The zero-order valence-corrected chi connectivity index (χ0v) is 15.4. The van der Waals surface area contributed by atoms with Crippen molar-refractivity contribution in [3.63, 3.8) is 0 Å². The molecule has 0 bridgehead atoms. The topological polar surface area (TPSA) is 71.7 Å². The van der Waals surface area contributed by atoms with Crippen molar-refractivity contribution in [2.75, 3.05) is 12.4 Å². The van der Waals surface area contributed by atoms with Gasteiger partial charge in [-0.25, -0.2) is 9.50 Å². The molecule has 2 N–H and O–H groups in total. The van der Waals surface area contributed by atoms with E-state index in [1.54, 1.807) is 29.8 Å². The molecule has 0 aliphatic carbocycles. The predicted molar refractivity (Wildman–Crippen MR) is 103 cm³/mol. The minimum absolute atomic E-state index is 0.213. The summed E-state index contributed by atoms with van der Waals surface area (Å²) in [5.74, 6) is 0.908. The van der Waals surface area contributed by atoms with Gasteiger partial charge < -0.3 is 15.2 Å². The van der Waals surface area contributed by atoms with Gasteiger partial charge in [-0.3, -0.25) is 0 Å². The molecule has 0 amide bonds. The Bertz CT molecular complexity index is 1030. The molecule has 8 heteroatoms. The Hall–Kier alpha value is -2.77. The van der Waals surface area contributed by atoms with Crippen LogP contribution in [0.5, 0.6) is 11.5 Å². The summed E-state index contributed by atoms with van der Waals surface area (Å²) in [6, 6.07) is 12.7. The molecule has 2 heterocycles. The van der Waals surface area contributed by atoms with E-state index in [-0.39, 0.29) is 5.75 Å². The number of benzene rings is 2. The van der Waals surface area contributed by atoms with Gasteiger partial charge in [0.15, 0.2) is 0 Å². The summed E-state index contributed by atoms with van der Waals surface area (Å²) in [5.41, 5.74) is 2.57. The molecule has 2 aromatic carbocycles. The van der Waals surface area contributed by atoms with Gasteiger partial charge in [0.2, 0.25) is 10.1 Å². The third kappa shape index (κ3) is 3.31. The number of imidazole rings is 1. The number of fused-ring (bicyclic) bond motifs is 1. The van der Waals surface area contributed by atoms with Gasteiger partial charge >= 0.3 is 0 Å². The summed E-state index contributed by atoms with van der Waals surface area (Å²) in [6.45, 7) is 0.434. The number of rotatable bonds is 5. The van der Waals surface area contributed by atoms with Crippen molar-refractivity contribution in [3.05, 3.63) is 59.2 Å². The summed E-state index contributed by atoms with van der Waals surface area (Å²) in [7, 11) is 1.59. The van der Waals surface area contributed by atoms with Gasteiger partial charge in [0.05, 0.1) is 19.0 Å². The van der Waals surface area contributed by atoms with E-state index in [9.17, 15) is 5.11 Å². The zero-order chi connectivity index (χ0) is 18.1. The SMILES string of the molecule is COc1ccc(O)c(CNc2nn3cc(-c4ccc(Cl)cc4)nc3s2)c1. The molecular weight excluding hydrogens is 372 g/mol. The Kier molecular flexibility index (Phi) is 4.40. The Morgan fingerprint density at radius 1 is 1.23 bits per heavy atom. The molecule has 4 aromatic rings. The van der Waals surface area contributed by atoms with E-state index in [0.29, 0.717) is 17.3 Å². The van der Waals surface area contributed by atoms with Crippen LogP contribution in [0, 0.1) is 0 Å². The van der Waals surface area contributed by atoms with Gasteiger partial charge in [-0.2, -0.15) is 0 Å². The van der Waals surface area contributed by atoms with Gasteiger partial charge in [-0.05, 0) is 30.3 Å². The second-order valence-corrected chi connectivity index (χ2v) is 7.01. The molecule has 0 unspecified atom stereocenters. The number of nitrogens with one attached hydrogen (secondary N) is 1. The average molecular weight is 387 g/mol. The number of halogens is 1.